The molecule has 1 aromatic rings. The molecule has 0 aliphatic rings. The Bertz CT molecular complexity index is 529. The largest absolute Gasteiger partial charge is 0.322 e. The molecule has 0 saturated carbocycles. The quantitative estimate of drug-likeness (QED) is 0.540. The Morgan fingerprint density at radius 2 is 2.07 bits per heavy atom. The summed E-state index contributed by atoms with van der Waals surface area (Å²) in [7, 11) is -3.74. The number of nitrogens with zero attached hydrogens (tertiary/aromatic N) is 1. The minimum absolute atomic E-state index is 0.468. The second kappa shape index (κ2) is 3.22. The number of sulfone groups is 1. The number of hydrogen-bond donors (Lipinski definition) is 1. The number of nitro groups is 1. The average molecular weight is 218 g/mol. The second-order valence-corrected chi connectivity index (χ2v) is 4.56. The number of nitrogens with one attached hydrogen (secondary N) is 1. The van der Waals surface area contributed by atoms with Gasteiger partial charge in [-0.2, -0.15) is 0 Å². The third-order valence-corrected chi connectivity index (χ3v) is 2.57. The van der Waals surface area contributed by atoms with Crippen molar-refractivity contribution in [2.45, 2.75) is 4.90 Å². The van der Waals surface area contributed by atoms with Crippen LogP contribution < -0.4 is 5.56 Å². The van der Waals surface area contributed by atoms with Crippen molar-refractivity contribution < 1.29 is 13.3 Å². The second-order valence-electron chi connectivity index (χ2n) is 2.58. The summed E-state index contributed by atoms with van der Waals surface area (Å²) in [6, 6.07) is 0.730. The van der Waals surface area contributed by atoms with Crippen LogP contribution >= 0.6 is 0 Å². The molecule has 0 spiro atoms. The van der Waals surface area contributed by atoms with Crippen LogP contribution in [0, 0.1) is 10.1 Å². The fourth-order valence-corrected chi connectivity index (χ4v) is 1.56. The summed E-state index contributed by atoms with van der Waals surface area (Å²) in [6.07, 6.45) is 1.65. The Kier molecular flexibility index (Phi) is 2.39. The van der Waals surface area contributed by atoms with Gasteiger partial charge in [0.2, 0.25) is 0 Å². The van der Waals surface area contributed by atoms with Crippen LogP contribution in [0.1, 0.15) is 0 Å². The molecule has 0 aromatic carbocycles. The van der Waals surface area contributed by atoms with Crippen molar-refractivity contribution in [3.05, 3.63) is 32.7 Å². The van der Waals surface area contributed by atoms with E-state index in [0.29, 0.717) is 0 Å². The number of hydrogen-bond acceptors (Lipinski definition) is 5. The average Bonchev–Trinajstić information content (AvgIpc) is 2.02. The van der Waals surface area contributed by atoms with Crippen molar-refractivity contribution >= 4 is 15.5 Å². The maximum atomic E-state index is 11.0. The molecular weight excluding hydrogens is 212 g/mol. The van der Waals surface area contributed by atoms with Crippen LogP contribution in [0.25, 0.3) is 0 Å². The van der Waals surface area contributed by atoms with E-state index < -0.39 is 30.9 Å². The highest BCUT2D eigenvalue weighted by Gasteiger charge is 2.17. The van der Waals surface area contributed by atoms with E-state index in [-0.39, 0.29) is 0 Å². The van der Waals surface area contributed by atoms with Crippen molar-refractivity contribution in [3.8, 4) is 0 Å². The van der Waals surface area contributed by atoms with Gasteiger partial charge in [-0.25, -0.2) is 8.42 Å². The number of pyridine rings is 1. The van der Waals surface area contributed by atoms with Gasteiger partial charge in [-0.3, -0.25) is 14.9 Å². The lowest BCUT2D eigenvalue weighted by Crippen LogP contribution is -2.16. The zero-order valence-corrected chi connectivity index (χ0v) is 7.87. The van der Waals surface area contributed by atoms with Crippen molar-refractivity contribution in [2.75, 3.05) is 6.26 Å². The minimum Gasteiger partial charge on any atom is -0.322 e. The Morgan fingerprint density at radius 1 is 1.50 bits per heavy atom. The molecule has 0 amide bonds. The molecule has 8 heteroatoms. The molecule has 0 atom stereocenters. The highest BCUT2D eigenvalue weighted by molar-refractivity contribution is 7.90. The SMILES string of the molecule is CS(=O)(=O)c1cc([N+](=O)[O-])c[nH]c1=O. The predicted octanol–water partition coefficient (Wildman–Crippen LogP) is -0.313. The molecule has 7 nitrogen and oxygen atoms in total. The molecule has 0 radical (unpaired) electrons. The third kappa shape index (κ3) is 1.96. The lowest BCUT2D eigenvalue weighted by atomic mass is 10.4. The van der Waals surface area contributed by atoms with Gasteiger partial charge in [0, 0.05) is 12.3 Å². The molecule has 0 bridgehead atoms. The predicted molar refractivity (Wildman–Crippen MR) is 46.8 cm³/mol. The van der Waals surface area contributed by atoms with Crippen LogP contribution in [0.3, 0.4) is 0 Å². The van der Waals surface area contributed by atoms with Crippen LogP contribution in [0.15, 0.2) is 22.0 Å². The fourth-order valence-electron chi connectivity index (χ4n) is 0.833. The van der Waals surface area contributed by atoms with Gasteiger partial charge in [0.1, 0.15) is 4.90 Å². The van der Waals surface area contributed by atoms with E-state index in [1.807, 2.05) is 4.98 Å². The Labute approximate surface area is 78.5 Å². The molecule has 1 N–H and O–H groups in total. The van der Waals surface area contributed by atoms with Gasteiger partial charge in [0.15, 0.2) is 9.84 Å². The summed E-state index contributed by atoms with van der Waals surface area (Å²) in [6.45, 7) is 0. The summed E-state index contributed by atoms with van der Waals surface area (Å²) in [4.78, 5) is 21.9. The summed E-state index contributed by atoms with van der Waals surface area (Å²) < 4.78 is 22.0. The first-order chi connectivity index (χ1) is 6.32. The van der Waals surface area contributed by atoms with Crippen molar-refractivity contribution in [1.82, 2.24) is 4.98 Å². The number of rotatable bonds is 2. The molecule has 0 saturated heterocycles. The topological polar surface area (TPSA) is 110 Å². The molecule has 0 aliphatic heterocycles. The standard InChI is InChI=1S/C6H6N2O5S/c1-14(12,13)5-2-4(8(10)11)3-7-6(5)9/h2-3H,1H3,(H,7,9). The first-order valence-corrected chi connectivity index (χ1v) is 5.28. The van der Waals surface area contributed by atoms with Crippen molar-refractivity contribution in [1.29, 1.82) is 0 Å². The molecule has 1 aromatic heterocycles. The zero-order chi connectivity index (χ0) is 10.9. The van der Waals surface area contributed by atoms with E-state index in [1.165, 1.54) is 0 Å². The Hall–Kier alpha value is -1.70. The van der Waals surface area contributed by atoms with Crippen LogP contribution in [0.5, 0.6) is 0 Å². The fraction of sp³-hybridized carbons (Fsp3) is 0.167. The van der Waals surface area contributed by atoms with E-state index in [1.54, 1.807) is 0 Å². The van der Waals surface area contributed by atoms with Crippen LogP contribution in [0.2, 0.25) is 0 Å². The molecule has 0 aliphatic carbocycles. The van der Waals surface area contributed by atoms with Crippen LogP contribution in [-0.2, 0) is 9.84 Å². The monoisotopic (exact) mass is 218 g/mol. The van der Waals surface area contributed by atoms with Crippen molar-refractivity contribution in [3.63, 3.8) is 0 Å². The van der Waals surface area contributed by atoms with Crippen molar-refractivity contribution in [2.24, 2.45) is 0 Å². The van der Waals surface area contributed by atoms with E-state index in [0.717, 1.165) is 18.5 Å². The third-order valence-electron chi connectivity index (χ3n) is 1.46. The molecular formula is C6H6N2O5S. The van der Waals surface area contributed by atoms with Gasteiger partial charge < -0.3 is 4.98 Å². The lowest BCUT2D eigenvalue weighted by molar-refractivity contribution is -0.385. The van der Waals surface area contributed by atoms with E-state index in [4.69, 9.17) is 0 Å². The van der Waals surface area contributed by atoms with Gasteiger partial charge in [0.25, 0.3) is 11.2 Å². The molecule has 14 heavy (non-hydrogen) atoms. The maximum absolute atomic E-state index is 11.0. The van der Waals surface area contributed by atoms with E-state index >= 15 is 0 Å². The van der Waals surface area contributed by atoms with Crippen LogP contribution in [0.4, 0.5) is 5.69 Å². The lowest BCUT2D eigenvalue weighted by Gasteiger charge is -1.95. The maximum Gasteiger partial charge on any atom is 0.286 e. The number of H-pyrrole nitrogens is 1. The number of aromatic amines is 1. The van der Waals surface area contributed by atoms with Gasteiger partial charge >= 0.3 is 0 Å². The highest BCUT2D eigenvalue weighted by Crippen LogP contribution is 2.11. The summed E-state index contributed by atoms with van der Waals surface area (Å²) >= 11 is 0. The summed E-state index contributed by atoms with van der Waals surface area (Å²) in [5.41, 5.74) is -1.33. The van der Waals surface area contributed by atoms with E-state index in [9.17, 15) is 23.3 Å². The normalized spacial score (nSPS) is 11.2. The van der Waals surface area contributed by atoms with Gasteiger partial charge in [-0.15, -0.1) is 0 Å². The molecule has 0 unspecified atom stereocenters. The minimum atomic E-state index is -3.74. The molecule has 0 fully saturated rings. The van der Waals surface area contributed by atoms with Crippen LogP contribution in [-0.4, -0.2) is 24.6 Å². The Balaban J connectivity index is 3.53. The summed E-state index contributed by atoms with van der Waals surface area (Å²) in [5.74, 6) is 0. The molecule has 76 valence electrons. The molecule has 1 rings (SSSR count). The van der Waals surface area contributed by atoms with Gasteiger partial charge in [-0.1, -0.05) is 0 Å². The highest BCUT2D eigenvalue weighted by atomic mass is 32.2. The Morgan fingerprint density at radius 3 is 2.50 bits per heavy atom. The zero-order valence-electron chi connectivity index (χ0n) is 7.05. The smallest absolute Gasteiger partial charge is 0.286 e. The van der Waals surface area contributed by atoms with E-state index in [2.05, 4.69) is 0 Å². The number of aromatic nitrogens is 1. The molecule has 1 heterocycles. The summed E-state index contributed by atoms with van der Waals surface area (Å²) in [5, 5.41) is 10.3. The first kappa shape index (κ1) is 10.4. The van der Waals surface area contributed by atoms with Gasteiger partial charge in [-0.05, 0) is 0 Å². The first-order valence-electron chi connectivity index (χ1n) is 3.39. The van der Waals surface area contributed by atoms with Gasteiger partial charge in [0.05, 0.1) is 11.1 Å².